The molecule has 6 heteroatoms. The van der Waals surface area contributed by atoms with Crippen molar-refractivity contribution >= 4 is 29.5 Å². The molecule has 2 aromatic rings. The van der Waals surface area contributed by atoms with Gasteiger partial charge in [0.05, 0.1) is 6.04 Å². The number of hydrogen-bond donors (Lipinski definition) is 0. The van der Waals surface area contributed by atoms with Gasteiger partial charge in [-0.25, -0.2) is 4.39 Å². The molecule has 0 radical (unpaired) electrons. The van der Waals surface area contributed by atoms with Crippen molar-refractivity contribution in [3.63, 3.8) is 0 Å². The second-order valence-electron chi connectivity index (χ2n) is 8.55. The van der Waals surface area contributed by atoms with Crippen LogP contribution in [0.25, 0.3) is 0 Å². The van der Waals surface area contributed by atoms with Crippen LogP contribution in [0.1, 0.15) is 73.5 Å². The summed E-state index contributed by atoms with van der Waals surface area (Å²) in [6.07, 6.45) is 5.36. The van der Waals surface area contributed by atoms with E-state index in [1.165, 1.54) is 18.2 Å². The van der Waals surface area contributed by atoms with Crippen molar-refractivity contribution in [1.29, 1.82) is 0 Å². The maximum absolute atomic E-state index is 14.7. The highest BCUT2D eigenvalue weighted by atomic mass is 35.5. The number of carbonyl (C=O) groups excluding carboxylic acids is 2. The Morgan fingerprint density at radius 2 is 1.90 bits per heavy atom. The van der Waals surface area contributed by atoms with E-state index in [4.69, 9.17) is 16.6 Å². The van der Waals surface area contributed by atoms with E-state index in [1.807, 2.05) is 24.0 Å². The molecule has 4 rings (SSSR count). The second kappa shape index (κ2) is 8.54. The Balaban J connectivity index is 1.76. The number of hydrogen-bond acceptors (Lipinski definition) is 3. The van der Waals surface area contributed by atoms with Gasteiger partial charge in [-0.15, -0.1) is 0 Å². The second-order valence-corrected chi connectivity index (χ2v) is 8.99. The quantitative estimate of drug-likeness (QED) is 0.537. The zero-order valence-corrected chi connectivity index (χ0v) is 18.5. The lowest BCUT2D eigenvalue weighted by Crippen LogP contribution is -2.50. The Morgan fingerprint density at radius 1 is 1.23 bits per heavy atom. The normalized spacial score (nSPS) is 24.4. The lowest BCUT2D eigenvalue weighted by Gasteiger charge is -2.44. The van der Waals surface area contributed by atoms with Crippen LogP contribution in [0.4, 0.5) is 4.39 Å². The number of nitrogens with zero attached hydrogens (tertiary/aromatic N) is 2. The van der Waals surface area contributed by atoms with Crippen molar-refractivity contribution in [2.45, 2.75) is 57.7 Å². The van der Waals surface area contributed by atoms with Crippen molar-refractivity contribution in [3.8, 4) is 0 Å². The predicted octanol–water partition coefficient (Wildman–Crippen LogP) is 5.98. The Kier molecular flexibility index (Phi) is 5.98. The maximum atomic E-state index is 14.7. The zero-order chi connectivity index (χ0) is 22.2. The summed E-state index contributed by atoms with van der Waals surface area (Å²) in [6, 6.07) is 11.2. The van der Waals surface area contributed by atoms with Gasteiger partial charge in [-0.2, -0.15) is 0 Å². The molecular weight excluding hydrogens is 415 g/mol. The van der Waals surface area contributed by atoms with Gasteiger partial charge in [0.2, 0.25) is 0 Å². The Bertz CT molecular complexity index is 1030. The smallest absolute Gasteiger partial charge is 0.275 e. The largest absolute Gasteiger partial charge is 0.306 e. The fraction of sp³-hybridized carbons (Fsp3) is 0.400. The van der Waals surface area contributed by atoms with E-state index in [2.05, 4.69) is 6.92 Å². The van der Waals surface area contributed by atoms with E-state index in [1.54, 1.807) is 12.1 Å². The lowest BCUT2D eigenvalue weighted by molar-refractivity contribution is -0.132. The number of aldehydes is 1. The lowest BCUT2D eigenvalue weighted by atomic mass is 9.79. The first kappa shape index (κ1) is 21.7. The highest BCUT2D eigenvalue weighted by Gasteiger charge is 2.51. The molecule has 1 unspecified atom stereocenters. The third-order valence-corrected chi connectivity index (χ3v) is 7.03. The number of benzene rings is 2. The van der Waals surface area contributed by atoms with E-state index in [0.29, 0.717) is 16.5 Å². The summed E-state index contributed by atoms with van der Waals surface area (Å²) in [7, 11) is 0. The molecular formula is C25H26ClFN2O2. The molecule has 0 N–H and O–H groups in total. The third-order valence-electron chi connectivity index (χ3n) is 6.80. The van der Waals surface area contributed by atoms with E-state index in [0.717, 1.165) is 44.0 Å². The van der Waals surface area contributed by atoms with Crippen molar-refractivity contribution in [2.24, 2.45) is 10.9 Å². The van der Waals surface area contributed by atoms with Gasteiger partial charge in [-0.3, -0.25) is 14.6 Å². The minimum atomic E-state index is -0.685. The van der Waals surface area contributed by atoms with Crippen LogP contribution >= 0.6 is 11.6 Å². The van der Waals surface area contributed by atoms with Gasteiger partial charge in [-0.05, 0) is 62.3 Å². The number of carbonyl (C=O) groups is 2. The van der Waals surface area contributed by atoms with Crippen LogP contribution < -0.4 is 0 Å². The Hall–Kier alpha value is -2.53. The highest BCUT2D eigenvalue weighted by molar-refractivity contribution is 6.47. The first-order chi connectivity index (χ1) is 14.9. The Labute approximate surface area is 187 Å². The first-order valence-electron chi connectivity index (χ1n) is 10.8. The first-order valence-corrected chi connectivity index (χ1v) is 11.2. The van der Waals surface area contributed by atoms with Crippen LogP contribution in [0.2, 0.25) is 5.02 Å². The minimum Gasteiger partial charge on any atom is -0.306 e. The summed E-state index contributed by atoms with van der Waals surface area (Å²) < 4.78 is 14.7. The van der Waals surface area contributed by atoms with Crippen molar-refractivity contribution < 1.29 is 14.0 Å². The van der Waals surface area contributed by atoms with Gasteiger partial charge < -0.3 is 4.90 Å². The van der Waals surface area contributed by atoms with Crippen LogP contribution in [0, 0.1) is 11.7 Å². The molecule has 4 nitrogen and oxygen atoms in total. The van der Waals surface area contributed by atoms with Gasteiger partial charge in [0.15, 0.2) is 0 Å². The highest BCUT2D eigenvalue weighted by Crippen LogP contribution is 2.46. The molecule has 1 spiro atoms. The van der Waals surface area contributed by atoms with E-state index < -0.39 is 11.5 Å². The molecule has 2 aliphatic rings. The van der Waals surface area contributed by atoms with Crippen LogP contribution in [-0.4, -0.2) is 28.5 Å². The van der Waals surface area contributed by atoms with Gasteiger partial charge >= 0.3 is 0 Å². The van der Waals surface area contributed by atoms with Gasteiger partial charge in [0, 0.05) is 16.1 Å². The van der Waals surface area contributed by atoms with E-state index >= 15 is 0 Å². The molecule has 2 aromatic carbocycles. The molecule has 0 bridgehead atoms. The van der Waals surface area contributed by atoms with Gasteiger partial charge in [-0.1, -0.05) is 49.2 Å². The molecule has 31 heavy (non-hydrogen) atoms. The summed E-state index contributed by atoms with van der Waals surface area (Å²) in [5.74, 6) is -0.159. The monoisotopic (exact) mass is 440 g/mol. The van der Waals surface area contributed by atoms with E-state index in [9.17, 15) is 14.0 Å². The summed E-state index contributed by atoms with van der Waals surface area (Å²) in [5.41, 5.74) is 1.11. The van der Waals surface area contributed by atoms with Crippen LogP contribution in [0.3, 0.4) is 0 Å². The molecule has 1 heterocycles. The summed E-state index contributed by atoms with van der Waals surface area (Å²) in [5, 5.41) is 0.367. The molecule has 0 aromatic heterocycles. The van der Waals surface area contributed by atoms with Crippen molar-refractivity contribution in [2.75, 3.05) is 0 Å². The molecule has 1 atom stereocenters. The summed E-state index contributed by atoms with van der Waals surface area (Å²) in [4.78, 5) is 31.4. The number of halogens is 2. The topological polar surface area (TPSA) is 49.7 Å². The number of rotatable bonds is 5. The fourth-order valence-electron chi connectivity index (χ4n) is 4.91. The number of aliphatic imine (C=N–C) groups is 1. The fourth-order valence-corrected chi connectivity index (χ4v) is 5.08. The van der Waals surface area contributed by atoms with Crippen LogP contribution in [0.15, 0.2) is 47.5 Å². The van der Waals surface area contributed by atoms with Crippen LogP contribution in [-0.2, 0) is 4.79 Å². The molecule has 1 fully saturated rings. The SMILES string of the molecule is CCC1CCC2(CC1)N=C(c1cc(Cl)ccc1F)C(=O)N2C(C)c1ccc(C=O)cc1. The molecule has 1 saturated carbocycles. The summed E-state index contributed by atoms with van der Waals surface area (Å²) in [6.45, 7) is 4.15. The van der Waals surface area contributed by atoms with Crippen molar-refractivity contribution in [3.05, 3.63) is 70.0 Å². The van der Waals surface area contributed by atoms with E-state index in [-0.39, 0.29) is 23.2 Å². The van der Waals surface area contributed by atoms with Gasteiger partial charge in [0.1, 0.15) is 23.5 Å². The third kappa shape index (κ3) is 3.91. The molecule has 0 saturated heterocycles. The minimum absolute atomic E-state index is 0.145. The molecule has 1 amide bonds. The van der Waals surface area contributed by atoms with Crippen molar-refractivity contribution in [1.82, 2.24) is 4.90 Å². The average Bonchev–Trinajstić information content (AvgIpc) is 3.07. The predicted molar refractivity (Wildman–Crippen MR) is 120 cm³/mol. The molecule has 1 aliphatic carbocycles. The Morgan fingerprint density at radius 3 is 2.52 bits per heavy atom. The molecule has 162 valence electrons. The summed E-state index contributed by atoms with van der Waals surface area (Å²) >= 11 is 6.11. The maximum Gasteiger partial charge on any atom is 0.275 e. The average molecular weight is 441 g/mol. The number of amides is 1. The standard InChI is InChI=1S/C25H26ClFN2O2/c1-3-17-10-12-25(13-11-17)28-23(21-14-20(26)8-9-22(21)27)24(31)29(25)16(2)19-6-4-18(15-30)5-7-19/h4-9,14-17H,3,10-13H2,1-2H3. The molecule has 1 aliphatic heterocycles. The van der Waals surface area contributed by atoms with Gasteiger partial charge in [0.25, 0.3) is 5.91 Å². The van der Waals surface area contributed by atoms with Crippen LogP contribution in [0.5, 0.6) is 0 Å². The zero-order valence-electron chi connectivity index (χ0n) is 17.8.